The third kappa shape index (κ3) is 3.48. The van der Waals surface area contributed by atoms with Crippen LogP contribution < -0.4 is 17.0 Å². The fourth-order valence-corrected chi connectivity index (χ4v) is 3.40. The first-order valence-electron chi connectivity index (χ1n) is 8.95. The van der Waals surface area contributed by atoms with Gasteiger partial charge < -0.3 is 5.73 Å². The lowest BCUT2D eigenvalue weighted by molar-refractivity contribution is 0.0943. The topological polar surface area (TPSA) is 90.3 Å². The number of hydrogen-bond acceptors (Lipinski definition) is 5. The molecule has 1 saturated heterocycles. The van der Waals surface area contributed by atoms with Gasteiger partial charge in [0.15, 0.2) is 5.78 Å². The standard InChI is InChI=1S/C19H24N4O3/c1-2-22-18(25)16(15(24)13-21-10-6-7-11-21)17(20)23(19(22)26)12-14-8-4-3-5-9-14/h3-5,8-9H,2,6-7,10-13,20H2,1H3. The molecular formula is C19H24N4O3. The number of hydrogen-bond donors (Lipinski definition) is 1. The number of likely N-dealkylation sites (tertiary alicyclic amines) is 1. The molecule has 1 aromatic heterocycles. The van der Waals surface area contributed by atoms with Crippen molar-refractivity contribution in [2.45, 2.75) is 32.9 Å². The number of nitrogen functional groups attached to an aromatic ring is 1. The SMILES string of the molecule is CCn1c(=O)c(C(=O)CN2CCCC2)c(N)n(Cc2ccccc2)c1=O. The lowest BCUT2D eigenvalue weighted by Crippen LogP contribution is -2.45. The summed E-state index contributed by atoms with van der Waals surface area (Å²) in [5.41, 5.74) is 5.86. The normalized spacial score (nSPS) is 14.7. The van der Waals surface area contributed by atoms with E-state index in [1.54, 1.807) is 6.92 Å². The molecule has 2 aromatic rings. The summed E-state index contributed by atoms with van der Waals surface area (Å²) in [5, 5.41) is 0. The molecule has 7 heteroatoms. The fraction of sp³-hybridized carbons (Fsp3) is 0.421. The third-order valence-corrected chi connectivity index (χ3v) is 4.81. The summed E-state index contributed by atoms with van der Waals surface area (Å²) in [7, 11) is 0. The highest BCUT2D eigenvalue weighted by Crippen LogP contribution is 2.12. The molecular weight excluding hydrogens is 332 g/mol. The zero-order valence-corrected chi connectivity index (χ0v) is 15.0. The van der Waals surface area contributed by atoms with Crippen molar-refractivity contribution in [1.82, 2.24) is 14.0 Å². The van der Waals surface area contributed by atoms with Crippen molar-refractivity contribution < 1.29 is 4.79 Å². The molecule has 1 aliphatic rings. The Hall–Kier alpha value is -2.67. The molecule has 0 aliphatic carbocycles. The van der Waals surface area contributed by atoms with Crippen LogP contribution >= 0.6 is 0 Å². The van der Waals surface area contributed by atoms with Crippen LogP contribution in [0.1, 0.15) is 35.7 Å². The summed E-state index contributed by atoms with van der Waals surface area (Å²) in [5.74, 6) is -0.365. The lowest BCUT2D eigenvalue weighted by Gasteiger charge is -2.18. The van der Waals surface area contributed by atoms with E-state index in [-0.39, 0.29) is 36.8 Å². The largest absolute Gasteiger partial charge is 0.384 e. The molecule has 0 unspecified atom stereocenters. The van der Waals surface area contributed by atoms with Crippen molar-refractivity contribution in [2.24, 2.45) is 0 Å². The van der Waals surface area contributed by atoms with Gasteiger partial charge in [0, 0.05) is 6.54 Å². The van der Waals surface area contributed by atoms with Crippen LogP contribution in [0.4, 0.5) is 5.82 Å². The Morgan fingerprint density at radius 1 is 1.08 bits per heavy atom. The molecule has 7 nitrogen and oxygen atoms in total. The van der Waals surface area contributed by atoms with Gasteiger partial charge in [-0.15, -0.1) is 0 Å². The first kappa shape index (κ1) is 18.1. The highest BCUT2D eigenvalue weighted by atomic mass is 16.2. The number of Topliss-reactive ketones (excluding diaryl/α,β-unsaturated/α-hetero) is 1. The van der Waals surface area contributed by atoms with Crippen LogP contribution in [0.2, 0.25) is 0 Å². The number of benzene rings is 1. The average Bonchev–Trinajstić information content (AvgIpc) is 3.13. The maximum atomic E-state index is 12.8. The predicted octanol–water partition coefficient (Wildman–Crippen LogP) is 0.939. The Labute approximate surface area is 151 Å². The minimum atomic E-state index is -0.594. The van der Waals surface area contributed by atoms with Crippen molar-refractivity contribution in [2.75, 3.05) is 25.4 Å². The van der Waals surface area contributed by atoms with Crippen LogP contribution in [-0.2, 0) is 13.1 Å². The smallest absolute Gasteiger partial charge is 0.332 e. The van der Waals surface area contributed by atoms with Crippen LogP contribution in [0.25, 0.3) is 0 Å². The number of nitrogens with two attached hydrogens (primary N) is 1. The van der Waals surface area contributed by atoms with E-state index >= 15 is 0 Å². The van der Waals surface area contributed by atoms with Gasteiger partial charge in [-0.3, -0.25) is 23.6 Å². The number of nitrogens with zero attached hydrogens (tertiary/aromatic N) is 3. The van der Waals surface area contributed by atoms with Crippen LogP contribution in [0.15, 0.2) is 39.9 Å². The average molecular weight is 356 g/mol. The second-order valence-electron chi connectivity index (χ2n) is 6.57. The van der Waals surface area contributed by atoms with Gasteiger partial charge >= 0.3 is 5.69 Å². The minimum absolute atomic E-state index is 0.0437. The fourth-order valence-electron chi connectivity index (χ4n) is 3.40. The Kier molecular flexibility index (Phi) is 5.37. The first-order chi connectivity index (χ1) is 12.5. The molecule has 138 valence electrons. The highest BCUT2D eigenvalue weighted by molar-refractivity contribution is 6.01. The van der Waals surface area contributed by atoms with Gasteiger partial charge in [-0.2, -0.15) is 0 Å². The van der Waals surface area contributed by atoms with Gasteiger partial charge in [-0.1, -0.05) is 30.3 Å². The van der Waals surface area contributed by atoms with Crippen LogP contribution in [0.3, 0.4) is 0 Å². The van der Waals surface area contributed by atoms with Gasteiger partial charge in [0.05, 0.1) is 13.1 Å². The molecule has 0 atom stereocenters. The molecule has 26 heavy (non-hydrogen) atoms. The maximum absolute atomic E-state index is 12.8. The van der Waals surface area contributed by atoms with Crippen LogP contribution in [0.5, 0.6) is 0 Å². The summed E-state index contributed by atoms with van der Waals surface area (Å²) in [6, 6.07) is 9.36. The van der Waals surface area contributed by atoms with Gasteiger partial charge in [-0.05, 0) is 38.4 Å². The number of carbonyl (C=O) groups excluding carboxylic acids is 1. The van der Waals surface area contributed by atoms with Gasteiger partial charge in [0.25, 0.3) is 5.56 Å². The molecule has 1 fully saturated rings. The lowest BCUT2D eigenvalue weighted by atomic mass is 10.1. The van der Waals surface area contributed by atoms with Gasteiger partial charge in [-0.25, -0.2) is 4.79 Å². The number of rotatable bonds is 6. The first-order valence-corrected chi connectivity index (χ1v) is 8.95. The number of ketones is 1. The van der Waals surface area contributed by atoms with Crippen molar-refractivity contribution in [3.63, 3.8) is 0 Å². The van der Waals surface area contributed by atoms with E-state index in [2.05, 4.69) is 0 Å². The van der Waals surface area contributed by atoms with E-state index < -0.39 is 11.2 Å². The molecule has 0 amide bonds. The van der Waals surface area contributed by atoms with Crippen molar-refractivity contribution >= 4 is 11.6 Å². The third-order valence-electron chi connectivity index (χ3n) is 4.81. The second kappa shape index (κ2) is 7.70. The number of carbonyl (C=O) groups is 1. The number of anilines is 1. The van der Waals surface area contributed by atoms with Crippen molar-refractivity contribution in [3.8, 4) is 0 Å². The van der Waals surface area contributed by atoms with Crippen LogP contribution in [0, 0.1) is 0 Å². The van der Waals surface area contributed by atoms with E-state index in [9.17, 15) is 14.4 Å². The highest BCUT2D eigenvalue weighted by Gasteiger charge is 2.24. The molecule has 0 saturated carbocycles. The summed E-state index contributed by atoms with van der Waals surface area (Å²) in [4.78, 5) is 40.2. The molecule has 0 spiro atoms. The summed E-state index contributed by atoms with van der Waals surface area (Å²) in [6.07, 6.45) is 2.10. The minimum Gasteiger partial charge on any atom is -0.384 e. The molecule has 1 aromatic carbocycles. The van der Waals surface area contributed by atoms with E-state index in [0.29, 0.717) is 0 Å². The Balaban J connectivity index is 2.05. The van der Waals surface area contributed by atoms with Gasteiger partial charge in [0.2, 0.25) is 0 Å². The van der Waals surface area contributed by atoms with Gasteiger partial charge in [0.1, 0.15) is 11.4 Å². The zero-order chi connectivity index (χ0) is 18.7. The van der Waals surface area contributed by atoms with Crippen molar-refractivity contribution in [1.29, 1.82) is 0 Å². The van der Waals surface area contributed by atoms with E-state index in [1.165, 1.54) is 4.57 Å². The summed E-state index contributed by atoms with van der Waals surface area (Å²) < 4.78 is 2.40. The van der Waals surface area contributed by atoms with E-state index in [4.69, 9.17) is 5.73 Å². The molecule has 2 heterocycles. The molecule has 0 bridgehead atoms. The quantitative estimate of drug-likeness (QED) is 0.778. The van der Waals surface area contributed by atoms with E-state index in [0.717, 1.165) is 36.1 Å². The Morgan fingerprint density at radius 2 is 1.73 bits per heavy atom. The second-order valence-corrected chi connectivity index (χ2v) is 6.57. The maximum Gasteiger partial charge on any atom is 0.332 e. The molecule has 1 aliphatic heterocycles. The Bertz CT molecular complexity index is 909. The van der Waals surface area contributed by atoms with E-state index in [1.807, 2.05) is 35.2 Å². The van der Waals surface area contributed by atoms with Crippen LogP contribution in [-0.4, -0.2) is 39.5 Å². The molecule has 3 rings (SSSR count). The summed E-state index contributed by atoms with van der Waals surface area (Å²) in [6.45, 7) is 3.97. The number of aromatic nitrogens is 2. The predicted molar refractivity (Wildman–Crippen MR) is 101 cm³/mol. The summed E-state index contributed by atoms with van der Waals surface area (Å²) >= 11 is 0. The Morgan fingerprint density at radius 3 is 2.35 bits per heavy atom. The zero-order valence-electron chi connectivity index (χ0n) is 15.0. The molecule has 2 N–H and O–H groups in total. The molecule has 0 radical (unpaired) electrons. The van der Waals surface area contributed by atoms with Crippen molar-refractivity contribution in [3.05, 3.63) is 62.3 Å². The monoisotopic (exact) mass is 356 g/mol.